The van der Waals surface area contributed by atoms with E-state index in [9.17, 15) is 0 Å². The molecule has 0 radical (unpaired) electrons. The molecule has 0 aromatic heterocycles. The van der Waals surface area contributed by atoms with Crippen LogP contribution in [0, 0.1) is 0 Å². The van der Waals surface area contributed by atoms with Gasteiger partial charge in [0.1, 0.15) is 0 Å². The molecule has 1 atom stereocenters. The van der Waals surface area contributed by atoms with Gasteiger partial charge in [0.25, 0.3) is 0 Å². The van der Waals surface area contributed by atoms with Crippen LogP contribution >= 0.6 is 0 Å². The summed E-state index contributed by atoms with van der Waals surface area (Å²) in [6.45, 7) is 2.26. The van der Waals surface area contributed by atoms with E-state index in [1.807, 2.05) is 0 Å². The van der Waals surface area contributed by atoms with Crippen molar-refractivity contribution in [2.45, 2.75) is 13.0 Å². The fourth-order valence-corrected chi connectivity index (χ4v) is 2.71. The van der Waals surface area contributed by atoms with Gasteiger partial charge in [-0.1, -0.05) is 60.7 Å². The maximum Gasteiger partial charge on any atom is 0.0517 e. The lowest BCUT2D eigenvalue weighted by Crippen LogP contribution is -2.21. The zero-order valence-electron chi connectivity index (χ0n) is 12.0. The summed E-state index contributed by atoms with van der Waals surface area (Å²) in [5, 5.41) is 2.64. The molecule has 20 heavy (non-hydrogen) atoms. The Morgan fingerprint density at radius 3 is 2.20 bits per heavy atom. The summed E-state index contributed by atoms with van der Waals surface area (Å²) < 4.78 is 0. The van der Waals surface area contributed by atoms with Gasteiger partial charge in [0.2, 0.25) is 0 Å². The Hall–Kier alpha value is -2.28. The lowest BCUT2D eigenvalue weighted by atomic mass is 9.98. The van der Waals surface area contributed by atoms with E-state index >= 15 is 0 Å². The van der Waals surface area contributed by atoms with Crippen molar-refractivity contribution in [1.82, 2.24) is 0 Å². The van der Waals surface area contributed by atoms with Gasteiger partial charge >= 0.3 is 0 Å². The Balaban J connectivity index is 2.03. The number of rotatable bonds is 3. The highest BCUT2D eigenvalue weighted by Gasteiger charge is 2.14. The average Bonchev–Trinajstić information content (AvgIpc) is 2.54. The first-order valence-electron chi connectivity index (χ1n) is 7.03. The third kappa shape index (κ3) is 2.27. The maximum atomic E-state index is 2.32. The lowest BCUT2D eigenvalue weighted by Gasteiger charge is -2.28. The zero-order valence-corrected chi connectivity index (χ0v) is 12.0. The molecule has 0 spiro atoms. The van der Waals surface area contributed by atoms with Gasteiger partial charge in [-0.25, -0.2) is 0 Å². The van der Waals surface area contributed by atoms with Crippen LogP contribution in [0.4, 0.5) is 5.69 Å². The Morgan fingerprint density at radius 2 is 1.40 bits per heavy atom. The molecule has 3 aromatic rings. The Bertz CT molecular complexity index is 698. The second-order valence-corrected chi connectivity index (χ2v) is 5.19. The molecule has 0 aliphatic heterocycles. The minimum atomic E-state index is 0.337. The van der Waals surface area contributed by atoms with Crippen molar-refractivity contribution in [3.63, 3.8) is 0 Å². The van der Waals surface area contributed by atoms with Crippen molar-refractivity contribution in [3.8, 4) is 0 Å². The molecule has 1 heteroatoms. The van der Waals surface area contributed by atoms with Crippen LogP contribution in [0.3, 0.4) is 0 Å². The van der Waals surface area contributed by atoms with E-state index in [0.29, 0.717) is 6.04 Å². The SMILES string of the molecule is CC(c1cccc2ccccc12)N(C)c1ccccc1. The van der Waals surface area contributed by atoms with Gasteiger partial charge in [0.05, 0.1) is 6.04 Å². The second-order valence-electron chi connectivity index (χ2n) is 5.19. The van der Waals surface area contributed by atoms with Crippen LogP contribution in [0.5, 0.6) is 0 Å². The highest BCUT2D eigenvalue weighted by atomic mass is 15.1. The molecular weight excluding hydrogens is 242 g/mol. The number of para-hydroxylation sites is 1. The fourth-order valence-electron chi connectivity index (χ4n) is 2.71. The molecule has 0 heterocycles. The normalized spacial score (nSPS) is 12.3. The number of hydrogen-bond donors (Lipinski definition) is 0. The summed E-state index contributed by atoms with van der Waals surface area (Å²) in [5.74, 6) is 0. The first-order chi connectivity index (χ1) is 9.77. The van der Waals surface area contributed by atoms with Crippen LogP contribution in [0.2, 0.25) is 0 Å². The van der Waals surface area contributed by atoms with E-state index in [1.165, 1.54) is 22.0 Å². The first-order valence-corrected chi connectivity index (χ1v) is 7.03. The van der Waals surface area contributed by atoms with Gasteiger partial charge < -0.3 is 4.90 Å². The summed E-state index contributed by atoms with van der Waals surface area (Å²) >= 11 is 0. The van der Waals surface area contributed by atoms with E-state index in [-0.39, 0.29) is 0 Å². The molecule has 1 nitrogen and oxygen atoms in total. The monoisotopic (exact) mass is 261 g/mol. The van der Waals surface area contributed by atoms with Gasteiger partial charge in [-0.3, -0.25) is 0 Å². The molecule has 0 aliphatic rings. The van der Waals surface area contributed by atoms with Crippen molar-refractivity contribution < 1.29 is 0 Å². The predicted molar refractivity (Wildman–Crippen MR) is 87.2 cm³/mol. The van der Waals surface area contributed by atoms with E-state index in [1.54, 1.807) is 0 Å². The number of benzene rings is 3. The highest BCUT2D eigenvalue weighted by Crippen LogP contribution is 2.30. The van der Waals surface area contributed by atoms with E-state index < -0.39 is 0 Å². The Kier molecular flexibility index (Phi) is 3.42. The van der Waals surface area contributed by atoms with Crippen molar-refractivity contribution in [1.29, 1.82) is 0 Å². The van der Waals surface area contributed by atoms with Gasteiger partial charge in [-0.2, -0.15) is 0 Å². The quantitative estimate of drug-likeness (QED) is 0.638. The molecule has 1 unspecified atom stereocenters. The average molecular weight is 261 g/mol. The summed E-state index contributed by atoms with van der Waals surface area (Å²) in [4.78, 5) is 2.32. The molecule has 0 fully saturated rings. The molecular formula is C19H19N. The van der Waals surface area contributed by atoms with Gasteiger partial charge in [0, 0.05) is 12.7 Å². The van der Waals surface area contributed by atoms with Crippen molar-refractivity contribution in [3.05, 3.63) is 78.4 Å². The summed E-state index contributed by atoms with van der Waals surface area (Å²) in [5.41, 5.74) is 2.61. The van der Waals surface area contributed by atoms with Crippen LogP contribution in [0.25, 0.3) is 10.8 Å². The molecule has 0 N–H and O–H groups in total. The van der Waals surface area contributed by atoms with Crippen LogP contribution < -0.4 is 4.90 Å². The highest BCUT2D eigenvalue weighted by molar-refractivity contribution is 5.86. The minimum absolute atomic E-state index is 0.337. The van der Waals surface area contributed by atoms with Crippen LogP contribution in [-0.2, 0) is 0 Å². The minimum Gasteiger partial charge on any atom is -0.368 e. The Labute approximate surface area is 120 Å². The number of nitrogens with zero attached hydrogens (tertiary/aromatic N) is 1. The molecule has 0 saturated heterocycles. The molecule has 0 saturated carbocycles. The van der Waals surface area contributed by atoms with E-state index in [4.69, 9.17) is 0 Å². The molecule has 3 rings (SSSR count). The number of fused-ring (bicyclic) bond motifs is 1. The zero-order chi connectivity index (χ0) is 13.9. The molecule has 0 aliphatic carbocycles. The smallest absolute Gasteiger partial charge is 0.0517 e. The summed E-state index contributed by atoms with van der Waals surface area (Å²) in [6, 6.07) is 26.0. The Morgan fingerprint density at radius 1 is 0.750 bits per heavy atom. The third-order valence-corrected chi connectivity index (χ3v) is 4.02. The van der Waals surface area contributed by atoms with E-state index in [2.05, 4.69) is 91.7 Å². The molecule has 100 valence electrons. The number of hydrogen-bond acceptors (Lipinski definition) is 1. The molecule has 3 aromatic carbocycles. The van der Waals surface area contributed by atoms with Crippen LogP contribution in [0.1, 0.15) is 18.5 Å². The van der Waals surface area contributed by atoms with Crippen LogP contribution in [0.15, 0.2) is 72.8 Å². The van der Waals surface area contributed by atoms with Crippen molar-refractivity contribution >= 4 is 16.5 Å². The predicted octanol–water partition coefficient (Wildman–Crippen LogP) is 5.04. The summed E-state index contributed by atoms with van der Waals surface area (Å²) in [7, 11) is 2.15. The summed E-state index contributed by atoms with van der Waals surface area (Å²) in [6.07, 6.45) is 0. The van der Waals surface area contributed by atoms with Gasteiger partial charge in [-0.15, -0.1) is 0 Å². The lowest BCUT2D eigenvalue weighted by molar-refractivity contribution is 0.746. The second kappa shape index (κ2) is 5.38. The van der Waals surface area contributed by atoms with Gasteiger partial charge in [-0.05, 0) is 35.4 Å². The van der Waals surface area contributed by atoms with Crippen molar-refractivity contribution in [2.24, 2.45) is 0 Å². The topological polar surface area (TPSA) is 3.24 Å². The fraction of sp³-hybridized carbons (Fsp3) is 0.158. The molecule has 0 bridgehead atoms. The van der Waals surface area contributed by atoms with Crippen LogP contribution in [-0.4, -0.2) is 7.05 Å². The van der Waals surface area contributed by atoms with Crippen molar-refractivity contribution in [2.75, 3.05) is 11.9 Å². The van der Waals surface area contributed by atoms with Gasteiger partial charge in [0.15, 0.2) is 0 Å². The number of anilines is 1. The van der Waals surface area contributed by atoms with E-state index in [0.717, 1.165) is 0 Å². The third-order valence-electron chi connectivity index (χ3n) is 4.02. The largest absolute Gasteiger partial charge is 0.368 e. The molecule has 0 amide bonds. The maximum absolute atomic E-state index is 2.32. The first kappa shape index (κ1) is 12.7. The standard InChI is InChI=1S/C19H19N/c1-15(20(2)17-11-4-3-5-12-17)18-14-8-10-16-9-6-7-13-19(16)18/h3-15H,1-2H3.